The third-order valence-corrected chi connectivity index (χ3v) is 5.19. The highest BCUT2D eigenvalue weighted by Crippen LogP contribution is 2.23. The first-order valence-corrected chi connectivity index (χ1v) is 8.73. The van der Waals surface area contributed by atoms with Gasteiger partial charge < -0.3 is 5.11 Å². The molecule has 0 radical (unpaired) electrons. The van der Waals surface area contributed by atoms with E-state index in [0.717, 1.165) is 0 Å². The third kappa shape index (κ3) is 5.47. The average Bonchev–Trinajstić information content (AvgIpc) is 2.39. The van der Waals surface area contributed by atoms with Crippen molar-refractivity contribution in [2.24, 2.45) is 5.92 Å². The summed E-state index contributed by atoms with van der Waals surface area (Å²) in [6.07, 6.45) is 0.548. The lowest BCUT2D eigenvalue weighted by molar-refractivity contribution is -0.140. The first-order chi connectivity index (χ1) is 9.66. The zero-order valence-corrected chi connectivity index (χ0v) is 14.0. The van der Waals surface area contributed by atoms with Crippen LogP contribution in [0.15, 0.2) is 18.2 Å². The minimum absolute atomic E-state index is 0.251. The molecule has 0 spiro atoms. The van der Waals surface area contributed by atoms with Crippen LogP contribution in [0.1, 0.15) is 25.8 Å². The summed E-state index contributed by atoms with van der Waals surface area (Å²) in [5.74, 6) is -1.86. The van der Waals surface area contributed by atoms with Crippen molar-refractivity contribution < 1.29 is 18.3 Å². The molecule has 0 saturated heterocycles. The smallest absolute Gasteiger partial charge is 0.322 e. The Labute approximate surface area is 134 Å². The molecule has 0 saturated carbocycles. The van der Waals surface area contributed by atoms with Gasteiger partial charge in [0.25, 0.3) is 0 Å². The average molecular weight is 354 g/mol. The molecule has 0 aliphatic rings. The second kappa shape index (κ2) is 7.45. The molecule has 0 amide bonds. The van der Waals surface area contributed by atoms with Gasteiger partial charge in [0.1, 0.15) is 6.04 Å². The molecule has 0 fully saturated rings. The largest absolute Gasteiger partial charge is 0.480 e. The zero-order valence-electron chi connectivity index (χ0n) is 11.6. The number of carboxylic acid groups (broad SMARTS) is 1. The van der Waals surface area contributed by atoms with Gasteiger partial charge in [-0.1, -0.05) is 49.5 Å². The van der Waals surface area contributed by atoms with E-state index in [4.69, 9.17) is 28.3 Å². The summed E-state index contributed by atoms with van der Waals surface area (Å²) in [4.78, 5) is 11.2. The Morgan fingerprint density at radius 2 is 1.95 bits per heavy atom. The summed E-state index contributed by atoms with van der Waals surface area (Å²) in [7, 11) is -3.80. The van der Waals surface area contributed by atoms with E-state index in [2.05, 4.69) is 4.72 Å². The molecule has 21 heavy (non-hydrogen) atoms. The molecule has 1 aromatic rings. The Kier molecular flexibility index (Phi) is 6.46. The van der Waals surface area contributed by atoms with Gasteiger partial charge in [-0.25, -0.2) is 13.1 Å². The predicted octanol–water partition coefficient (Wildman–Crippen LogP) is 2.91. The summed E-state index contributed by atoms with van der Waals surface area (Å²) in [6, 6.07) is 3.33. The van der Waals surface area contributed by atoms with E-state index < -0.39 is 22.0 Å². The standard InChI is InChI=1S/C13H17Cl2NO4S/c1-3-8(2)12(13(17)18)16-21(19,20)7-9-4-5-10(14)11(15)6-9/h4-6,8,12,16H,3,7H2,1-2H3,(H,17,18)/t8-,12-/m0/s1. The summed E-state index contributed by atoms with van der Waals surface area (Å²) < 4.78 is 26.4. The van der Waals surface area contributed by atoms with E-state index in [1.807, 2.05) is 0 Å². The maximum absolute atomic E-state index is 12.1. The van der Waals surface area contributed by atoms with E-state index in [-0.39, 0.29) is 16.7 Å². The van der Waals surface area contributed by atoms with Gasteiger partial charge in [-0.2, -0.15) is 0 Å². The lowest BCUT2D eigenvalue weighted by Crippen LogP contribution is -2.45. The highest BCUT2D eigenvalue weighted by atomic mass is 35.5. The topological polar surface area (TPSA) is 83.5 Å². The normalized spacial score (nSPS) is 14.7. The number of nitrogens with one attached hydrogen (secondary N) is 1. The SMILES string of the molecule is CC[C@H](C)[C@H](NS(=O)(=O)Cc1ccc(Cl)c(Cl)c1)C(=O)O. The van der Waals surface area contributed by atoms with Gasteiger partial charge in [0, 0.05) is 0 Å². The van der Waals surface area contributed by atoms with Crippen molar-refractivity contribution >= 4 is 39.2 Å². The summed E-state index contributed by atoms with van der Waals surface area (Å²) in [6.45, 7) is 3.48. The molecule has 118 valence electrons. The number of carboxylic acids is 1. The molecular formula is C13H17Cl2NO4S. The highest BCUT2D eigenvalue weighted by Gasteiger charge is 2.28. The van der Waals surface area contributed by atoms with Gasteiger partial charge in [0.05, 0.1) is 15.8 Å². The minimum atomic E-state index is -3.80. The number of aliphatic carboxylic acids is 1. The molecule has 1 rings (SSSR count). The quantitative estimate of drug-likeness (QED) is 0.789. The Bertz CT molecular complexity index is 619. The summed E-state index contributed by atoms with van der Waals surface area (Å²) in [5.41, 5.74) is 0.435. The monoisotopic (exact) mass is 353 g/mol. The minimum Gasteiger partial charge on any atom is -0.480 e. The van der Waals surface area contributed by atoms with Crippen molar-refractivity contribution in [2.45, 2.75) is 32.1 Å². The Morgan fingerprint density at radius 3 is 2.43 bits per heavy atom. The fraction of sp³-hybridized carbons (Fsp3) is 0.462. The number of benzene rings is 1. The van der Waals surface area contributed by atoms with Crippen LogP contribution >= 0.6 is 23.2 Å². The number of hydrogen-bond acceptors (Lipinski definition) is 3. The lowest BCUT2D eigenvalue weighted by atomic mass is 10.0. The first-order valence-electron chi connectivity index (χ1n) is 6.33. The van der Waals surface area contributed by atoms with Crippen LogP contribution in [0.2, 0.25) is 10.0 Å². The van der Waals surface area contributed by atoms with Gasteiger partial charge in [0.2, 0.25) is 10.0 Å². The van der Waals surface area contributed by atoms with Gasteiger partial charge in [-0.3, -0.25) is 4.79 Å². The van der Waals surface area contributed by atoms with Crippen molar-refractivity contribution in [3.05, 3.63) is 33.8 Å². The van der Waals surface area contributed by atoms with Crippen LogP contribution < -0.4 is 4.72 Å². The van der Waals surface area contributed by atoms with E-state index in [9.17, 15) is 13.2 Å². The van der Waals surface area contributed by atoms with Gasteiger partial charge in [-0.05, 0) is 23.6 Å². The molecule has 0 heterocycles. The van der Waals surface area contributed by atoms with Gasteiger partial charge in [-0.15, -0.1) is 0 Å². The predicted molar refractivity (Wildman–Crippen MR) is 83.1 cm³/mol. The van der Waals surface area contributed by atoms with Crippen molar-refractivity contribution in [1.82, 2.24) is 4.72 Å². The zero-order chi connectivity index (χ0) is 16.2. The van der Waals surface area contributed by atoms with E-state index in [1.54, 1.807) is 13.8 Å². The van der Waals surface area contributed by atoms with Crippen LogP contribution in [0.25, 0.3) is 0 Å². The Morgan fingerprint density at radius 1 is 1.33 bits per heavy atom. The Balaban J connectivity index is 2.90. The number of carbonyl (C=O) groups is 1. The van der Waals surface area contributed by atoms with Crippen LogP contribution in [0.4, 0.5) is 0 Å². The highest BCUT2D eigenvalue weighted by molar-refractivity contribution is 7.88. The van der Waals surface area contributed by atoms with Gasteiger partial charge in [0.15, 0.2) is 0 Å². The second-order valence-electron chi connectivity index (χ2n) is 4.83. The van der Waals surface area contributed by atoms with Gasteiger partial charge >= 0.3 is 5.97 Å². The molecule has 5 nitrogen and oxygen atoms in total. The molecule has 0 bridgehead atoms. The molecule has 0 aliphatic carbocycles. The lowest BCUT2D eigenvalue weighted by Gasteiger charge is -2.20. The molecule has 2 atom stereocenters. The molecular weight excluding hydrogens is 337 g/mol. The van der Waals surface area contributed by atoms with Crippen molar-refractivity contribution in [1.29, 1.82) is 0 Å². The number of halogens is 2. The number of rotatable bonds is 7. The van der Waals surface area contributed by atoms with Crippen molar-refractivity contribution in [2.75, 3.05) is 0 Å². The fourth-order valence-electron chi connectivity index (χ4n) is 1.73. The number of sulfonamides is 1. The molecule has 0 aromatic heterocycles. The number of hydrogen-bond donors (Lipinski definition) is 2. The van der Waals surface area contributed by atoms with E-state index in [0.29, 0.717) is 17.0 Å². The van der Waals surface area contributed by atoms with Crippen molar-refractivity contribution in [3.63, 3.8) is 0 Å². The molecule has 1 aromatic carbocycles. The second-order valence-corrected chi connectivity index (χ2v) is 7.40. The Hall–Kier alpha value is -0.820. The first kappa shape index (κ1) is 18.2. The molecule has 0 unspecified atom stereocenters. The fourth-order valence-corrected chi connectivity index (χ4v) is 3.47. The van der Waals surface area contributed by atoms with Crippen LogP contribution in [0.3, 0.4) is 0 Å². The maximum atomic E-state index is 12.1. The molecule has 2 N–H and O–H groups in total. The van der Waals surface area contributed by atoms with Crippen LogP contribution in [0, 0.1) is 5.92 Å². The third-order valence-electron chi connectivity index (χ3n) is 3.13. The van der Waals surface area contributed by atoms with Crippen LogP contribution in [0.5, 0.6) is 0 Å². The van der Waals surface area contributed by atoms with Crippen LogP contribution in [-0.2, 0) is 20.6 Å². The van der Waals surface area contributed by atoms with E-state index >= 15 is 0 Å². The molecule has 0 aliphatic heterocycles. The van der Waals surface area contributed by atoms with Crippen molar-refractivity contribution in [3.8, 4) is 0 Å². The summed E-state index contributed by atoms with van der Waals surface area (Å²) in [5, 5.41) is 9.70. The van der Waals surface area contributed by atoms with Crippen LogP contribution in [-0.4, -0.2) is 25.5 Å². The van der Waals surface area contributed by atoms with E-state index in [1.165, 1.54) is 18.2 Å². The summed E-state index contributed by atoms with van der Waals surface area (Å²) >= 11 is 11.6. The maximum Gasteiger partial charge on any atom is 0.322 e. The molecule has 8 heteroatoms.